The first-order chi connectivity index (χ1) is 6.84. The summed E-state index contributed by atoms with van der Waals surface area (Å²) in [7, 11) is 0. The minimum absolute atomic E-state index is 0.451. The Kier molecular flexibility index (Phi) is 5.27. The topological polar surface area (TPSA) is 20.2 Å². The molecule has 1 atom stereocenters. The molecule has 1 nitrogen and oxygen atoms in total. The SMILES string of the molecule is OC(CBr)c1ccccccccc1. The number of aliphatic hydroxyl groups is 1. The van der Waals surface area contributed by atoms with Crippen LogP contribution in [0.4, 0.5) is 0 Å². The Morgan fingerprint density at radius 3 is 1.79 bits per heavy atom. The molecule has 14 heavy (non-hydrogen) atoms. The van der Waals surface area contributed by atoms with E-state index in [1.165, 1.54) is 0 Å². The van der Waals surface area contributed by atoms with Crippen LogP contribution in [0.2, 0.25) is 0 Å². The lowest BCUT2D eigenvalue weighted by Gasteiger charge is -2.03. The zero-order chi connectivity index (χ0) is 10.2. The Hall–Kier alpha value is -0.860. The Labute approximate surface area is 92.9 Å². The van der Waals surface area contributed by atoms with Crippen LogP contribution < -0.4 is 0 Å². The average molecular weight is 253 g/mol. The highest BCUT2D eigenvalue weighted by Crippen LogP contribution is 2.12. The minimum Gasteiger partial charge on any atom is -0.388 e. The summed E-state index contributed by atoms with van der Waals surface area (Å²) in [6, 6.07) is 17.4. The van der Waals surface area contributed by atoms with Crippen LogP contribution in [0.1, 0.15) is 11.7 Å². The summed E-state index contributed by atoms with van der Waals surface area (Å²) in [5.74, 6) is 0. The highest BCUT2D eigenvalue weighted by atomic mass is 79.9. The Balaban J connectivity index is 3.07. The van der Waals surface area contributed by atoms with E-state index in [0.29, 0.717) is 5.33 Å². The monoisotopic (exact) mass is 252 g/mol. The van der Waals surface area contributed by atoms with Gasteiger partial charge in [-0.1, -0.05) is 70.5 Å². The van der Waals surface area contributed by atoms with E-state index in [9.17, 15) is 5.11 Å². The molecule has 0 aliphatic carbocycles. The van der Waals surface area contributed by atoms with Crippen molar-refractivity contribution in [2.24, 2.45) is 0 Å². The number of aliphatic hydroxyl groups excluding tert-OH is 1. The van der Waals surface area contributed by atoms with E-state index < -0.39 is 6.10 Å². The van der Waals surface area contributed by atoms with Crippen molar-refractivity contribution in [1.82, 2.24) is 0 Å². The predicted octanol–water partition coefficient (Wildman–Crippen LogP) is 3.24. The summed E-state index contributed by atoms with van der Waals surface area (Å²) in [6.45, 7) is 0. The van der Waals surface area contributed by atoms with E-state index in [2.05, 4.69) is 15.9 Å². The van der Waals surface area contributed by atoms with Crippen molar-refractivity contribution in [1.29, 1.82) is 0 Å². The number of rotatable bonds is 2. The van der Waals surface area contributed by atoms with Crippen LogP contribution in [-0.2, 0) is 0 Å². The van der Waals surface area contributed by atoms with Crippen LogP contribution in [0.15, 0.2) is 54.6 Å². The molecule has 1 rings (SSSR count). The van der Waals surface area contributed by atoms with Crippen LogP contribution in [-0.4, -0.2) is 10.4 Å². The first kappa shape index (κ1) is 11.2. The summed E-state index contributed by atoms with van der Waals surface area (Å²) < 4.78 is 0. The van der Waals surface area contributed by atoms with E-state index in [0.717, 1.165) is 5.56 Å². The first-order valence-corrected chi connectivity index (χ1v) is 5.59. The molecule has 0 saturated heterocycles. The maximum atomic E-state index is 9.62. The van der Waals surface area contributed by atoms with Gasteiger partial charge in [0, 0.05) is 5.33 Å². The Morgan fingerprint density at radius 2 is 1.36 bits per heavy atom. The normalized spacial score (nSPS) is 11.6. The molecular formula is C12H13BrO. The van der Waals surface area contributed by atoms with E-state index >= 15 is 0 Å². The van der Waals surface area contributed by atoms with Gasteiger partial charge < -0.3 is 5.11 Å². The molecule has 0 amide bonds. The molecule has 0 aliphatic heterocycles. The van der Waals surface area contributed by atoms with E-state index in [-0.39, 0.29) is 0 Å². The van der Waals surface area contributed by atoms with Gasteiger partial charge in [0.2, 0.25) is 0 Å². The lowest BCUT2D eigenvalue weighted by Crippen LogP contribution is -1.95. The van der Waals surface area contributed by atoms with Gasteiger partial charge in [0.1, 0.15) is 0 Å². The van der Waals surface area contributed by atoms with E-state index in [1.807, 2.05) is 54.6 Å². The maximum absolute atomic E-state index is 9.62. The van der Waals surface area contributed by atoms with Gasteiger partial charge in [-0.15, -0.1) is 0 Å². The summed E-state index contributed by atoms with van der Waals surface area (Å²) in [5, 5.41) is 10.2. The molecular weight excluding hydrogens is 240 g/mol. The highest BCUT2D eigenvalue weighted by Gasteiger charge is 2.01. The first-order valence-electron chi connectivity index (χ1n) is 4.47. The molecule has 1 aromatic rings. The fraction of sp³-hybridized carbons (Fsp3) is 0.167. The molecule has 1 aromatic carbocycles. The molecule has 0 spiro atoms. The van der Waals surface area contributed by atoms with Crippen LogP contribution in [0, 0.1) is 0 Å². The molecule has 74 valence electrons. The largest absolute Gasteiger partial charge is 0.388 e. The van der Waals surface area contributed by atoms with Crippen molar-refractivity contribution < 1.29 is 5.11 Å². The maximum Gasteiger partial charge on any atom is 0.0886 e. The smallest absolute Gasteiger partial charge is 0.0886 e. The van der Waals surface area contributed by atoms with Gasteiger partial charge in [0.05, 0.1) is 6.10 Å². The van der Waals surface area contributed by atoms with Crippen LogP contribution >= 0.6 is 15.9 Å². The summed E-state index contributed by atoms with van der Waals surface area (Å²) >= 11 is 3.25. The molecule has 0 radical (unpaired) electrons. The Bertz CT molecular complexity index is 299. The molecule has 0 saturated carbocycles. The van der Waals surface area contributed by atoms with Gasteiger partial charge in [-0.2, -0.15) is 0 Å². The van der Waals surface area contributed by atoms with Crippen molar-refractivity contribution in [2.75, 3.05) is 5.33 Å². The molecule has 0 bridgehead atoms. The lowest BCUT2D eigenvalue weighted by molar-refractivity contribution is 0.205. The fourth-order valence-electron chi connectivity index (χ4n) is 1.02. The van der Waals surface area contributed by atoms with Gasteiger partial charge in [0.15, 0.2) is 0 Å². The molecule has 0 aromatic heterocycles. The summed E-state index contributed by atoms with van der Waals surface area (Å²) in [4.78, 5) is 0. The van der Waals surface area contributed by atoms with Gasteiger partial charge in [-0.05, 0) is 5.56 Å². The zero-order valence-electron chi connectivity index (χ0n) is 7.81. The van der Waals surface area contributed by atoms with Crippen molar-refractivity contribution in [2.45, 2.75) is 6.10 Å². The predicted molar refractivity (Wildman–Crippen MR) is 62.8 cm³/mol. The third-order valence-electron chi connectivity index (χ3n) is 1.77. The molecule has 1 unspecified atom stereocenters. The van der Waals surface area contributed by atoms with Crippen LogP contribution in [0.5, 0.6) is 0 Å². The van der Waals surface area contributed by atoms with E-state index in [1.54, 1.807) is 0 Å². The van der Waals surface area contributed by atoms with Crippen molar-refractivity contribution in [3.8, 4) is 0 Å². The van der Waals surface area contributed by atoms with Crippen LogP contribution in [0.3, 0.4) is 0 Å². The molecule has 0 heterocycles. The second-order valence-electron chi connectivity index (χ2n) is 2.85. The van der Waals surface area contributed by atoms with E-state index in [4.69, 9.17) is 0 Å². The third kappa shape index (κ3) is 3.90. The lowest BCUT2D eigenvalue weighted by atomic mass is 10.2. The Morgan fingerprint density at radius 1 is 0.929 bits per heavy atom. The number of hydrogen-bond acceptors (Lipinski definition) is 1. The standard InChI is InChI=1S/C12H13BrO/c13-10-12(14)11-8-6-4-2-1-3-5-7-9-11/h1-9,12,14H,10H2. The average Bonchev–Trinajstić information content (AvgIpc) is 2.24. The number of hydrogen-bond donors (Lipinski definition) is 1. The van der Waals surface area contributed by atoms with Crippen molar-refractivity contribution in [3.05, 3.63) is 60.2 Å². The second-order valence-corrected chi connectivity index (χ2v) is 3.50. The molecule has 0 fully saturated rings. The minimum atomic E-state index is -0.451. The van der Waals surface area contributed by atoms with Crippen molar-refractivity contribution in [3.63, 3.8) is 0 Å². The number of halogens is 1. The van der Waals surface area contributed by atoms with Gasteiger partial charge >= 0.3 is 0 Å². The molecule has 0 aliphatic rings. The number of alkyl halides is 1. The molecule has 2 heteroatoms. The van der Waals surface area contributed by atoms with Crippen LogP contribution in [0.25, 0.3) is 0 Å². The summed E-state index contributed by atoms with van der Waals surface area (Å²) in [6.07, 6.45) is -0.451. The second kappa shape index (κ2) is 6.57. The van der Waals surface area contributed by atoms with Gasteiger partial charge in [-0.25, -0.2) is 0 Å². The summed E-state index contributed by atoms with van der Waals surface area (Å²) in [5.41, 5.74) is 0.901. The van der Waals surface area contributed by atoms with Gasteiger partial charge in [0.25, 0.3) is 0 Å². The van der Waals surface area contributed by atoms with Gasteiger partial charge in [-0.3, -0.25) is 0 Å². The highest BCUT2D eigenvalue weighted by molar-refractivity contribution is 9.09. The fourth-order valence-corrected chi connectivity index (χ4v) is 1.39. The third-order valence-corrected chi connectivity index (χ3v) is 2.39. The van der Waals surface area contributed by atoms with Crippen molar-refractivity contribution >= 4 is 15.9 Å². The molecule has 1 N–H and O–H groups in total. The zero-order valence-corrected chi connectivity index (χ0v) is 9.39. The quantitative estimate of drug-likeness (QED) is 0.802.